The summed E-state index contributed by atoms with van der Waals surface area (Å²) in [6.45, 7) is 2.48. The van der Waals surface area contributed by atoms with Crippen LogP contribution < -0.4 is 10.5 Å². The van der Waals surface area contributed by atoms with Crippen LogP contribution >= 0.6 is 15.9 Å². The van der Waals surface area contributed by atoms with E-state index in [0.717, 1.165) is 32.7 Å². The molecule has 5 heteroatoms. The molecule has 0 radical (unpaired) electrons. The minimum Gasteiger partial charge on any atom is -0.496 e. The fourth-order valence-electron chi connectivity index (χ4n) is 1.73. The molecule has 0 aliphatic heterocycles. The smallest absolute Gasteiger partial charge is 0.133 e. The number of nitrogens with zero attached hydrogens (tertiary/aromatic N) is 1. The predicted octanol–water partition coefficient (Wildman–Crippen LogP) is 2.61. The molecule has 0 saturated heterocycles. The second-order valence-electron chi connectivity index (χ2n) is 3.73. The highest BCUT2D eigenvalue weighted by atomic mass is 79.9. The van der Waals surface area contributed by atoms with Gasteiger partial charge in [-0.05, 0) is 46.6 Å². The van der Waals surface area contributed by atoms with E-state index in [2.05, 4.69) is 26.1 Å². The minimum atomic E-state index is 0.468. The quantitative estimate of drug-likeness (QED) is 0.915. The first-order chi connectivity index (χ1) is 8.17. The van der Waals surface area contributed by atoms with E-state index in [1.54, 1.807) is 7.11 Å². The number of nitrogens with two attached hydrogens (primary N) is 1. The summed E-state index contributed by atoms with van der Waals surface area (Å²) in [5.41, 5.74) is 9.63. The zero-order valence-corrected chi connectivity index (χ0v) is 11.3. The van der Waals surface area contributed by atoms with Gasteiger partial charge < -0.3 is 10.5 Å². The molecule has 0 fully saturated rings. The van der Waals surface area contributed by atoms with Crippen LogP contribution in [0, 0.1) is 6.92 Å². The maximum Gasteiger partial charge on any atom is 0.133 e. The van der Waals surface area contributed by atoms with Crippen molar-refractivity contribution in [2.24, 2.45) is 5.73 Å². The molecule has 0 aliphatic rings. The van der Waals surface area contributed by atoms with Crippen LogP contribution in [0.5, 0.6) is 5.75 Å². The highest BCUT2D eigenvalue weighted by Gasteiger charge is 2.11. The number of aromatic nitrogens is 2. The van der Waals surface area contributed by atoms with Gasteiger partial charge in [0.25, 0.3) is 0 Å². The fraction of sp³-hybridized carbons (Fsp3) is 0.250. The number of nitrogens with one attached hydrogen (secondary N) is 1. The molecule has 0 bridgehead atoms. The Balaban J connectivity index is 2.46. The first-order valence-corrected chi connectivity index (χ1v) is 6.04. The molecule has 2 rings (SSSR count). The molecule has 0 saturated carbocycles. The van der Waals surface area contributed by atoms with Crippen LogP contribution in [0.25, 0.3) is 11.3 Å². The molecule has 4 nitrogen and oxygen atoms in total. The third kappa shape index (κ3) is 2.21. The molecule has 0 atom stereocenters. The average Bonchev–Trinajstić information content (AvgIpc) is 2.70. The SMILES string of the molecule is COc1ccc(-c2n[nH]c(CN)c2C)cc1Br. The van der Waals surface area contributed by atoms with Crippen molar-refractivity contribution in [3.63, 3.8) is 0 Å². The summed E-state index contributed by atoms with van der Waals surface area (Å²) in [5, 5.41) is 7.24. The Kier molecular flexibility index (Phi) is 3.49. The standard InChI is InChI=1S/C12H14BrN3O/c1-7-10(6-14)15-16-12(7)8-3-4-11(17-2)9(13)5-8/h3-5H,6,14H2,1-2H3,(H,15,16). The third-order valence-corrected chi connectivity index (χ3v) is 3.36. The summed E-state index contributed by atoms with van der Waals surface area (Å²) >= 11 is 3.47. The molecule has 0 spiro atoms. The molecule has 1 aromatic carbocycles. The van der Waals surface area contributed by atoms with Crippen molar-refractivity contribution in [3.05, 3.63) is 33.9 Å². The summed E-state index contributed by atoms with van der Waals surface area (Å²) in [7, 11) is 1.64. The van der Waals surface area contributed by atoms with Crippen LogP contribution in [0.15, 0.2) is 22.7 Å². The first kappa shape index (κ1) is 12.1. The number of rotatable bonds is 3. The molecule has 90 valence electrons. The molecule has 0 unspecified atom stereocenters. The molecular formula is C12H14BrN3O. The van der Waals surface area contributed by atoms with Gasteiger partial charge in [0.1, 0.15) is 5.75 Å². The normalized spacial score (nSPS) is 10.6. The Bertz CT molecular complexity index is 537. The van der Waals surface area contributed by atoms with Gasteiger partial charge in [0.05, 0.1) is 23.0 Å². The molecule has 1 aromatic heterocycles. The summed E-state index contributed by atoms with van der Waals surface area (Å²) in [5.74, 6) is 0.806. The Morgan fingerprint density at radius 3 is 2.76 bits per heavy atom. The molecule has 0 amide bonds. The summed E-state index contributed by atoms with van der Waals surface area (Å²) in [6.07, 6.45) is 0. The molecule has 0 aliphatic carbocycles. The van der Waals surface area contributed by atoms with E-state index in [9.17, 15) is 0 Å². The van der Waals surface area contributed by atoms with Gasteiger partial charge in [0.2, 0.25) is 0 Å². The van der Waals surface area contributed by atoms with E-state index in [4.69, 9.17) is 10.5 Å². The van der Waals surface area contributed by atoms with Crippen molar-refractivity contribution in [2.45, 2.75) is 13.5 Å². The lowest BCUT2D eigenvalue weighted by atomic mass is 10.1. The van der Waals surface area contributed by atoms with E-state index < -0.39 is 0 Å². The third-order valence-electron chi connectivity index (χ3n) is 2.74. The van der Waals surface area contributed by atoms with E-state index in [-0.39, 0.29) is 0 Å². The van der Waals surface area contributed by atoms with Crippen molar-refractivity contribution in [1.82, 2.24) is 10.2 Å². The number of H-pyrrole nitrogens is 1. The van der Waals surface area contributed by atoms with Crippen molar-refractivity contribution in [2.75, 3.05) is 7.11 Å². The number of methoxy groups -OCH3 is 1. The van der Waals surface area contributed by atoms with Gasteiger partial charge in [-0.2, -0.15) is 5.10 Å². The maximum absolute atomic E-state index is 5.62. The molecule has 3 N–H and O–H groups in total. The van der Waals surface area contributed by atoms with Crippen molar-refractivity contribution >= 4 is 15.9 Å². The van der Waals surface area contributed by atoms with Gasteiger partial charge in [-0.3, -0.25) is 5.10 Å². The van der Waals surface area contributed by atoms with Crippen LogP contribution in [0.3, 0.4) is 0 Å². The summed E-state index contributed by atoms with van der Waals surface area (Å²) < 4.78 is 6.11. The van der Waals surface area contributed by atoms with E-state index in [0.29, 0.717) is 6.54 Å². The Morgan fingerprint density at radius 1 is 1.47 bits per heavy atom. The number of hydrogen-bond donors (Lipinski definition) is 2. The lowest BCUT2D eigenvalue weighted by molar-refractivity contribution is 0.412. The lowest BCUT2D eigenvalue weighted by Gasteiger charge is -2.05. The average molecular weight is 296 g/mol. The predicted molar refractivity (Wildman–Crippen MR) is 70.9 cm³/mol. The van der Waals surface area contributed by atoms with Gasteiger partial charge in [-0.15, -0.1) is 0 Å². The van der Waals surface area contributed by atoms with Gasteiger partial charge in [0.15, 0.2) is 0 Å². The van der Waals surface area contributed by atoms with Crippen LogP contribution in [0.4, 0.5) is 0 Å². The molecule has 1 heterocycles. The fourth-order valence-corrected chi connectivity index (χ4v) is 2.27. The Hall–Kier alpha value is -1.33. The second-order valence-corrected chi connectivity index (χ2v) is 4.58. The Labute approximate surface area is 108 Å². The first-order valence-electron chi connectivity index (χ1n) is 5.25. The number of aromatic amines is 1. The van der Waals surface area contributed by atoms with Crippen LogP contribution in [0.1, 0.15) is 11.3 Å². The molecule has 2 aromatic rings. The summed E-state index contributed by atoms with van der Waals surface area (Å²) in [6, 6.07) is 5.88. The highest BCUT2D eigenvalue weighted by Crippen LogP contribution is 2.31. The van der Waals surface area contributed by atoms with Crippen LogP contribution in [-0.2, 0) is 6.54 Å². The second kappa shape index (κ2) is 4.89. The highest BCUT2D eigenvalue weighted by molar-refractivity contribution is 9.10. The minimum absolute atomic E-state index is 0.468. The van der Waals surface area contributed by atoms with Crippen molar-refractivity contribution in [1.29, 1.82) is 0 Å². The van der Waals surface area contributed by atoms with Crippen molar-refractivity contribution < 1.29 is 4.74 Å². The monoisotopic (exact) mass is 295 g/mol. The number of benzene rings is 1. The molecular weight excluding hydrogens is 282 g/mol. The van der Waals surface area contributed by atoms with Gasteiger partial charge in [0, 0.05) is 12.1 Å². The maximum atomic E-state index is 5.62. The van der Waals surface area contributed by atoms with E-state index in [1.165, 1.54) is 0 Å². The largest absolute Gasteiger partial charge is 0.496 e. The number of halogens is 1. The topological polar surface area (TPSA) is 63.9 Å². The lowest BCUT2D eigenvalue weighted by Crippen LogP contribution is -1.98. The van der Waals surface area contributed by atoms with E-state index in [1.807, 2.05) is 25.1 Å². The zero-order valence-electron chi connectivity index (χ0n) is 9.75. The molecule has 17 heavy (non-hydrogen) atoms. The Morgan fingerprint density at radius 2 is 2.24 bits per heavy atom. The zero-order chi connectivity index (χ0) is 12.4. The number of ether oxygens (including phenoxy) is 1. The van der Waals surface area contributed by atoms with Gasteiger partial charge in [-0.25, -0.2) is 0 Å². The summed E-state index contributed by atoms with van der Waals surface area (Å²) in [4.78, 5) is 0. The van der Waals surface area contributed by atoms with Crippen molar-refractivity contribution in [3.8, 4) is 17.0 Å². The van der Waals surface area contributed by atoms with Gasteiger partial charge in [-0.1, -0.05) is 0 Å². The van der Waals surface area contributed by atoms with E-state index >= 15 is 0 Å². The van der Waals surface area contributed by atoms with Crippen LogP contribution in [0.2, 0.25) is 0 Å². The number of hydrogen-bond acceptors (Lipinski definition) is 3. The van der Waals surface area contributed by atoms with Crippen LogP contribution in [-0.4, -0.2) is 17.3 Å². The van der Waals surface area contributed by atoms with Gasteiger partial charge >= 0.3 is 0 Å².